The molecule has 1 aliphatic heterocycles. The highest BCUT2D eigenvalue weighted by Gasteiger charge is 2.49. The number of nitrogens with one attached hydrogen (secondary N) is 1. The predicted octanol–water partition coefficient (Wildman–Crippen LogP) is 4.44. The molecular formula is C23H28N2O2. The highest BCUT2D eigenvalue weighted by Crippen LogP contribution is 2.48. The summed E-state index contributed by atoms with van der Waals surface area (Å²) < 4.78 is 5.61. The number of ether oxygens (including phenoxy) is 1. The summed E-state index contributed by atoms with van der Waals surface area (Å²) in [6, 6.07) is 16.5. The summed E-state index contributed by atoms with van der Waals surface area (Å²) in [5.41, 5.74) is 3.97. The topological polar surface area (TPSA) is 41.6 Å². The number of carbonyl (C=O) groups excluding carboxylic acids is 1. The molecule has 4 nitrogen and oxygen atoms in total. The Labute approximate surface area is 161 Å². The van der Waals surface area contributed by atoms with Crippen LogP contribution in [0.3, 0.4) is 0 Å². The number of fused-ring (bicyclic) bond motifs is 3. The second-order valence-electron chi connectivity index (χ2n) is 8.00. The van der Waals surface area contributed by atoms with Crippen LogP contribution in [-0.2, 0) is 11.8 Å². The number of amides is 1. The number of hydrogen-bond donors (Lipinski definition) is 1. The normalized spacial score (nSPS) is 24.9. The number of rotatable bonds is 4. The smallest absolute Gasteiger partial charge is 0.410 e. The van der Waals surface area contributed by atoms with Crippen LogP contribution in [0.2, 0.25) is 0 Å². The number of hydrogen-bond acceptors (Lipinski definition) is 3. The highest BCUT2D eigenvalue weighted by atomic mass is 16.6. The molecule has 1 aliphatic carbocycles. The van der Waals surface area contributed by atoms with Gasteiger partial charge >= 0.3 is 6.09 Å². The van der Waals surface area contributed by atoms with E-state index in [4.69, 9.17) is 4.74 Å². The maximum absolute atomic E-state index is 12.4. The van der Waals surface area contributed by atoms with Gasteiger partial charge in [0.05, 0.1) is 6.04 Å². The van der Waals surface area contributed by atoms with Gasteiger partial charge in [-0.3, -0.25) is 4.90 Å². The molecule has 2 aromatic rings. The molecule has 2 aromatic carbocycles. The molecule has 1 amide bonds. The Balaban J connectivity index is 1.47. The van der Waals surface area contributed by atoms with Crippen LogP contribution < -0.4 is 10.1 Å². The van der Waals surface area contributed by atoms with Crippen molar-refractivity contribution in [2.75, 3.05) is 13.1 Å². The Morgan fingerprint density at radius 1 is 1.30 bits per heavy atom. The first kappa shape index (κ1) is 18.1. The molecule has 0 bridgehead atoms. The molecule has 2 aliphatic rings. The van der Waals surface area contributed by atoms with Crippen molar-refractivity contribution in [3.8, 4) is 5.75 Å². The van der Waals surface area contributed by atoms with Crippen LogP contribution in [0.15, 0.2) is 48.5 Å². The van der Waals surface area contributed by atoms with Gasteiger partial charge in [-0.15, -0.1) is 0 Å². The standard InChI is InChI=1S/C23H28N2O2/c1-4-25-13-12-23(3)20-15-19(11-10-18(20)14-21(23)25)27-22(26)24-16(2)17-8-6-5-7-9-17/h5-11,15-16,21H,4,12-14H2,1-3H3,(H,24,26)/t16?,21-,23?/m0/s1. The van der Waals surface area contributed by atoms with Crippen molar-refractivity contribution in [3.05, 3.63) is 65.2 Å². The Hall–Kier alpha value is -2.33. The van der Waals surface area contributed by atoms with E-state index < -0.39 is 6.09 Å². The van der Waals surface area contributed by atoms with Crippen molar-refractivity contribution >= 4 is 6.09 Å². The van der Waals surface area contributed by atoms with Crippen LogP contribution in [0.5, 0.6) is 5.75 Å². The zero-order valence-electron chi connectivity index (χ0n) is 16.4. The summed E-state index contributed by atoms with van der Waals surface area (Å²) in [7, 11) is 0. The summed E-state index contributed by atoms with van der Waals surface area (Å²) in [6.45, 7) is 8.80. The highest BCUT2D eigenvalue weighted by molar-refractivity contribution is 5.71. The molecule has 1 saturated heterocycles. The SMILES string of the molecule is CCN1CCC2(C)c3cc(OC(=O)NC(C)c4ccccc4)ccc3C[C@H]12. The molecule has 1 N–H and O–H groups in total. The van der Waals surface area contributed by atoms with Crippen LogP contribution in [-0.4, -0.2) is 30.1 Å². The van der Waals surface area contributed by atoms with Gasteiger partial charge in [0, 0.05) is 11.5 Å². The minimum absolute atomic E-state index is 0.0945. The van der Waals surface area contributed by atoms with Crippen LogP contribution in [0.4, 0.5) is 4.79 Å². The predicted molar refractivity (Wildman–Crippen MR) is 107 cm³/mol. The summed E-state index contributed by atoms with van der Waals surface area (Å²) in [6.07, 6.45) is 1.85. The number of benzene rings is 2. The summed E-state index contributed by atoms with van der Waals surface area (Å²) in [5, 5.41) is 2.92. The third-order valence-electron chi connectivity index (χ3n) is 6.46. The third kappa shape index (κ3) is 3.23. The lowest BCUT2D eigenvalue weighted by atomic mass is 9.80. The fourth-order valence-corrected chi connectivity index (χ4v) is 4.82. The zero-order chi connectivity index (χ0) is 19.0. The van der Waals surface area contributed by atoms with Gasteiger partial charge in [-0.25, -0.2) is 4.79 Å². The average molecular weight is 364 g/mol. The molecule has 3 atom stereocenters. The van der Waals surface area contributed by atoms with E-state index in [0.29, 0.717) is 11.8 Å². The van der Waals surface area contributed by atoms with E-state index in [1.54, 1.807) is 0 Å². The van der Waals surface area contributed by atoms with E-state index in [1.807, 2.05) is 43.3 Å². The number of nitrogens with zero attached hydrogens (tertiary/aromatic N) is 1. The molecule has 4 heteroatoms. The second kappa shape index (κ2) is 7.01. The van der Waals surface area contributed by atoms with E-state index in [2.05, 4.69) is 36.2 Å². The van der Waals surface area contributed by atoms with Gasteiger partial charge in [-0.2, -0.15) is 0 Å². The van der Waals surface area contributed by atoms with Gasteiger partial charge in [0.2, 0.25) is 0 Å². The van der Waals surface area contributed by atoms with E-state index in [1.165, 1.54) is 17.5 Å². The largest absolute Gasteiger partial charge is 0.413 e. The fourth-order valence-electron chi connectivity index (χ4n) is 4.82. The summed E-state index contributed by atoms with van der Waals surface area (Å²) >= 11 is 0. The lowest BCUT2D eigenvalue weighted by molar-refractivity contribution is 0.197. The molecule has 142 valence electrons. The van der Waals surface area contributed by atoms with Gasteiger partial charge < -0.3 is 10.1 Å². The number of carbonyl (C=O) groups is 1. The van der Waals surface area contributed by atoms with Gasteiger partial charge in [-0.1, -0.05) is 50.2 Å². The lowest BCUT2D eigenvalue weighted by Gasteiger charge is -2.29. The van der Waals surface area contributed by atoms with E-state index in [0.717, 1.165) is 25.1 Å². The molecule has 0 saturated carbocycles. The zero-order valence-corrected chi connectivity index (χ0v) is 16.4. The van der Waals surface area contributed by atoms with Gasteiger partial charge in [0.25, 0.3) is 0 Å². The first-order valence-corrected chi connectivity index (χ1v) is 9.92. The van der Waals surface area contributed by atoms with Crippen molar-refractivity contribution in [2.45, 2.75) is 51.1 Å². The van der Waals surface area contributed by atoms with Crippen molar-refractivity contribution in [1.82, 2.24) is 10.2 Å². The van der Waals surface area contributed by atoms with Crippen molar-refractivity contribution in [2.24, 2.45) is 0 Å². The summed E-state index contributed by atoms with van der Waals surface area (Å²) in [5.74, 6) is 0.628. The van der Waals surface area contributed by atoms with Crippen LogP contribution in [0.25, 0.3) is 0 Å². The monoisotopic (exact) mass is 364 g/mol. The molecule has 4 rings (SSSR count). The molecule has 1 heterocycles. The first-order valence-electron chi connectivity index (χ1n) is 9.92. The Morgan fingerprint density at radius 2 is 2.07 bits per heavy atom. The molecule has 0 spiro atoms. The minimum Gasteiger partial charge on any atom is -0.410 e. The average Bonchev–Trinajstić information content (AvgIpc) is 3.14. The quantitative estimate of drug-likeness (QED) is 0.872. The number of likely N-dealkylation sites (tertiary alicyclic amines) is 1. The van der Waals surface area contributed by atoms with Crippen molar-refractivity contribution < 1.29 is 9.53 Å². The fraction of sp³-hybridized carbons (Fsp3) is 0.435. The first-order chi connectivity index (χ1) is 13.0. The van der Waals surface area contributed by atoms with Gasteiger partial charge in [-0.05, 0) is 61.7 Å². The number of likely N-dealkylation sites (N-methyl/N-ethyl adjacent to an activating group) is 1. The second-order valence-corrected chi connectivity index (χ2v) is 8.00. The lowest BCUT2D eigenvalue weighted by Crippen LogP contribution is -2.37. The minimum atomic E-state index is -0.410. The molecular weight excluding hydrogens is 336 g/mol. The van der Waals surface area contributed by atoms with Crippen LogP contribution in [0.1, 0.15) is 49.9 Å². The Morgan fingerprint density at radius 3 is 2.81 bits per heavy atom. The molecule has 0 aromatic heterocycles. The molecule has 1 fully saturated rings. The van der Waals surface area contributed by atoms with Crippen molar-refractivity contribution in [1.29, 1.82) is 0 Å². The van der Waals surface area contributed by atoms with Gasteiger partial charge in [0.15, 0.2) is 0 Å². The maximum Gasteiger partial charge on any atom is 0.413 e. The Kier molecular flexibility index (Phi) is 4.68. The maximum atomic E-state index is 12.4. The van der Waals surface area contributed by atoms with E-state index in [9.17, 15) is 4.79 Å². The molecule has 27 heavy (non-hydrogen) atoms. The van der Waals surface area contributed by atoms with E-state index >= 15 is 0 Å². The molecule has 0 radical (unpaired) electrons. The third-order valence-corrected chi connectivity index (χ3v) is 6.46. The van der Waals surface area contributed by atoms with Crippen LogP contribution >= 0.6 is 0 Å². The molecule has 2 unspecified atom stereocenters. The summed E-state index contributed by atoms with van der Waals surface area (Å²) in [4.78, 5) is 14.9. The van der Waals surface area contributed by atoms with Crippen molar-refractivity contribution in [3.63, 3.8) is 0 Å². The van der Waals surface area contributed by atoms with E-state index in [-0.39, 0.29) is 11.5 Å². The Bertz CT molecular complexity index is 836. The van der Waals surface area contributed by atoms with Gasteiger partial charge in [0.1, 0.15) is 5.75 Å². The van der Waals surface area contributed by atoms with Crippen LogP contribution in [0, 0.1) is 0 Å².